The van der Waals surface area contributed by atoms with Gasteiger partial charge in [0.05, 0.1) is 0 Å². The second-order valence-electron chi connectivity index (χ2n) is 5.20. The van der Waals surface area contributed by atoms with Gasteiger partial charge in [0.15, 0.2) is 5.78 Å². The van der Waals surface area contributed by atoms with Gasteiger partial charge in [-0.15, -0.1) is 0 Å². The topological polar surface area (TPSA) is 17.1 Å². The third-order valence-electron chi connectivity index (χ3n) is 4.51. The molecule has 0 N–H and O–H groups in total. The van der Waals surface area contributed by atoms with Gasteiger partial charge < -0.3 is 0 Å². The molecule has 0 aromatic heterocycles. The summed E-state index contributed by atoms with van der Waals surface area (Å²) >= 11 is 0. The molecule has 0 aliphatic heterocycles. The zero-order chi connectivity index (χ0) is 12.9. The number of carbonyl (C=O) groups is 1. The van der Waals surface area contributed by atoms with Crippen LogP contribution in [0.1, 0.15) is 47.2 Å². The van der Waals surface area contributed by atoms with Crippen LogP contribution in [0.25, 0.3) is 5.57 Å². The van der Waals surface area contributed by atoms with Gasteiger partial charge in [0.1, 0.15) is 0 Å². The number of carbonyl (C=O) groups excluding carboxylic acids is 1. The number of fused-ring (bicyclic) bond motifs is 1. The first kappa shape index (κ1) is 12.1. The van der Waals surface area contributed by atoms with Gasteiger partial charge in [0.2, 0.25) is 0 Å². The summed E-state index contributed by atoms with van der Waals surface area (Å²) in [6.45, 7) is 12.7. The quantitative estimate of drug-likeness (QED) is 0.659. The largest absolute Gasteiger partial charge is 0.294 e. The smallest absolute Gasteiger partial charge is 0.163 e. The van der Waals surface area contributed by atoms with Crippen LogP contribution in [0, 0.1) is 27.7 Å². The molecule has 1 aromatic rings. The highest BCUT2D eigenvalue weighted by Crippen LogP contribution is 2.36. The van der Waals surface area contributed by atoms with E-state index in [4.69, 9.17) is 0 Å². The third kappa shape index (κ3) is 1.56. The van der Waals surface area contributed by atoms with Crippen LogP contribution < -0.4 is 0 Å². The molecule has 0 saturated heterocycles. The molecule has 1 nitrogen and oxygen atoms in total. The van der Waals surface area contributed by atoms with Crippen molar-refractivity contribution in [1.29, 1.82) is 0 Å². The predicted molar refractivity (Wildman–Crippen MR) is 72.4 cm³/mol. The second-order valence-corrected chi connectivity index (χ2v) is 5.20. The Morgan fingerprint density at radius 3 is 1.82 bits per heavy atom. The highest BCUT2D eigenvalue weighted by molar-refractivity contribution is 6.07. The summed E-state index contributed by atoms with van der Waals surface area (Å²) in [4.78, 5) is 12.0. The SMILES string of the molecule is CC1=C(C)c2c(C)c(C)c(C)c(C)c2CC1=O. The molecule has 0 spiro atoms. The Labute approximate surface area is 104 Å². The first-order valence-electron chi connectivity index (χ1n) is 6.16. The predicted octanol–water partition coefficient (Wildman–Crippen LogP) is 3.84. The molecule has 0 bridgehead atoms. The summed E-state index contributed by atoms with van der Waals surface area (Å²) in [5.41, 5.74) is 10.0. The van der Waals surface area contributed by atoms with Gasteiger partial charge >= 0.3 is 0 Å². The summed E-state index contributed by atoms with van der Waals surface area (Å²) in [6, 6.07) is 0. The minimum atomic E-state index is 0.278. The number of hydrogen-bond acceptors (Lipinski definition) is 1. The molecular weight excluding hydrogens is 208 g/mol. The summed E-state index contributed by atoms with van der Waals surface area (Å²) in [5.74, 6) is 0.278. The minimum Gasteiger partial charge on any atom is -0.294 e. The number of benzene rings is 1. The first-order chi connectivity index (χ1) is 7.86. The van der Waals surface area contributed by atoms with E-state index in [1.54, 1.807) is 0 Å². The molecule has 0 saturated carbocycles. The summed E-state index contributed by atoms with van der Waals surface area (Å²) in [6.07, 6.45) is 0.576. The number of allylic oxidation sites excluding steroid dienone is 2. The first-order valence-corrected chi connectivity index (χ1v) is 6.16. The van der Waals surface area contributed by atoms with Crippen molar-refractivity contribution in [2.24, 2.45) is 0 Å². The molecule has 90 valence electrons. The maximum atomic E-state index is 12.0. The third-order valence-corrected chi connectivity index (χ3v) is 4.51. The normalized spacial score (nSPS) is 15.3. The van der Waals surface area contributed by atoms with E-state index >= 15 is 0 Å². The molecule has 2 rings (SSSR count). The molecule has 1 aromatic carbocycles. The van der Waals surface area contributed by atoms with E-state index in [0.717, 1.165) is 5.57 Å². The van der Waals surface area contributed by atoms with Crippen LogP contribution in [0.15, 0.2) is 5.57 Å². The van der Waals surface area contributed by atoms with Crippen molar-refractivity contribution in [3.63, 3.8) is 0 Å². The van der Waals surface area contributed by atoms with Gasteiger partial charge in [0, 0.05) is 6.42 Å². The Morgan fingerprint density at radius 1 is 0.706 bits per heavy atom. The van der Waals surface area contributed by atoms with Crippen molar-refractivity contribution in [2.45, 2.75) is 48.0 Å². The molecule has 0 atom stereocenters. The van der Waals surface area contributed by atoms with Crippen LogP contribution in [-0.4, -0.2) is 5.78 Å². The molecule has 1 aliphatic carbocycles. The van der Waals surface area contributed by atoms with Crippen LogP contribution in [0.4, 0.5) is 0 Å². The van der Waals surface area contributed by atoms with Gasteiger partial charge in [-0.3, -0.25) is 4.79 Å². The Hall–Kier alpha value is -1.37. The fourth-order valence-electron chi connectivity index (χ4n) is 2.81. The zero-order valence-corrected chi connectivity index (χ0v) is 11.6. The van der Waals surface area contributed by atoms with Gasteiger partial charge in [-0.1, -0.05) is 0 Å². The van der Waals surface area contributed by atoms with Gasteiger partial charge in [-0.2, -0.15) is 0 Å². The molecule has 0 radical (unpaired) electrons. The van der Waals surface area contributed by atoms with E-state index in [0.29, 0.717) is 6.42 Å². The van der Waals surface area contributed by atoms with Crippen LogP contribution in [0.5, 0.6) is 0 Å². The lowest BCUT2D eigenvalue weighted by atomic mass is 9.78. The number of ketones is 1. The minimum absolute atomic E-state index is 0.278. The average Bonchev–Trinajstić information content (AvgIpc) is 2.30. The highest BCUT2D eigenvalue weighted by Gasteiger charge is 2.25. The Balaban J connectivity index is 2.90. The van der Waals surface area contributed by atoms with Gasteiger partial charge in [-0.05, 0) is 86.1 Å². The van der Waals surface area contributed by atoms with Crippen molar-refractivity contribution >= 4 is 11.4 Å². The van der Waals surface area contributed by atoms with Crippen LogP contribution in [-0.2, 0) is 11.2 Å². The molecule has 0 amide bonds. The number of Topliss-reactive ketones (excluding diaryl/α,β-unsaturated/α-hetero) is 1. The van der Waals surface area contributed by atoms with Crippen molar-refractivity contribution in [2.75, 3.05) is 0 Å². The maximum Gasteiger partial charge on any atom is 0.163 e. The molecule has 0 fully saturated rings. The van der Waals surface area contributed by atoms with E-state index in [1.807, 2.05) is 6.92 Å². The molecule has 0 unspecified atom stereocenters. The summed E-state index contributed by atoms with van der Waals surface area (Å²) in [5, 5.41) is 0. The molecule has 0 heterocycles. The van der Waals surface area contributed by atoms with Crippen molar-refractivity contribution < 1.29 is 4.79 Å². The van der Waals surface area contributed by atoms with Crippen molar-refractivity contribution in [1.82, 2.24) is 0 Å². The van der Waals surface area contributed by atoms with E-state index < -0.39 is 0 Å². The highest BCUT2D eigenvalue weighted by atomic mass is 16.1. The van der Waals surface area contributed by atoms with Crippen molar-refractivity contribution in [3.05, 3.63) is 39.0 Å². The number of rotatable bonds is 0. The fourth-order valence-corrected chi connectivity index (χ4v) is 2.81. The average molecular weight is 228 g/mol. The van der Waals surface area contributed by atoms with E-state index in [-0.39, 0.29) is 5.78 Å². The van der Waals surface area contributed by atoms with Crippen LogP contribution in [0.2, 0.25) is 0 Å². The summed E-state index contributed by atoms with van der Waals surface area (Å²) in [7, 11) is 0. The van der Waals surface area contributed by atoms with E-state index in [1.165, 1.54) is 39.0 Å². The standard InChI is InChI=1S/C16H20O/c1-8-9(2)12(5)16-13(6)11(4)15(17)7-14(16)10(8)3/h7H2,1-6H3. The second kappa shape index (κ2) is 3.83. The molecule has 1 aliphatic rings. The van der Waals surface area contributed by atoms with E-state index in [2.05, 4.69) is 34.6 Å². The number of hydrogen-bond donors (Lipinski definition) is 0. The lowest BCUT2D eigenvalue weighted by Gasteiger charge is -2.25. The molecule has 17 heavy (non-hydrogen) atoms. The lowest BCUT2D eigenvalue weighted by Crippen LogP contribution is -2.17. The lowest BCUT2D eigenvalue weighted by molar-refractivity contribution is -0.115. The van der Waals surface area contributed by atoms with Gasteiger partial charge in [-0.25, -0.2) is 0 Å². The van der Waals surface area contributed by atoms with Crippen LogP contribution in [0.3, 0.4) is 0 Å². The Morgan fingerprint density at radius 2 is 1.24 bits per heavy atom. The molecular formula is C16H20O. The van der Waals surface area contributed by atoms with Crippen molar-refractivity contribution in [3.8, 4) is 0 Å². The molecule has 1 heteroatoms. The Bertz CT molecular complexity index is 560. The zero-order valence-electron chi connectivity index (χ0n) is 11.6. The summed E-state index contributed by atoms with van der Waals surface area (Å²) < 4.78 is 0. The fraction of sp³-hybridized carbons (Fsp3) is 0.438. The Kier molecular flexibility index (Phi) is 2.73. The monoisotopic (exact) mass is 228 g/mol. The van der Waals surface area contributed by atoms with E-state index in [9.17, 15) is 4.79 Å². The maximum absolute atomic E-state index is 12.0. The van der Waals surface area contributed by atoms with Crippen LogP contribution >= 0.6 is 0 Å². The van der Waals surface area contributed by atoms with Gasteiger partial charge in [0.25, 0.3) is 0 Å².